The monoisotopic (exact) mass is 385 g/mol. The van der Waals surface area contributed by atoms with Crippen LogP contribution < -0.4 is 0 Å². The molecule has 2 heterocycles. The van der Waals surface area contributed by atoms with Crippen molar-refractivity contribution in [1.29, 1.82) is 0 Å². The number of alkyl halides is 3. The first-order valence-electron chi connectivity index (χ1n) is 8.47. The summed E-state index contributed by atoms with van der Waals surface area (Å²) in [7, 11) is 0. The van der Waals surface area contributed by atoms with Crippen LogP contribution in [-0.2, 0) is 6.18 Å². The molecule has 2 aromatic heterocycles. The summed E-state index contributed by atoms with van der Waals surface area (Å²) in [6.07, 6.45) is -5.72. The SMILES string of the molecule is CC.CC.Cc1cc(C(O)c2ccc(-c3noc(C(F)(F)F)n3)cc2)on1. The van der Waals surface area contributed by atoms with E-state index in [1.807, 2.05) is 27.7 Å². The van der Waals surface area contributed by atoms with Gasteiger partial charge in [-0.25, -0.2) is 0 Å². The summed E-state index contributed by atoms with van der Waals surface area (Å²) in [6, 6.07) is 7.61. The van der Waals surface area contributed by atoms with Gasteiger partial charge in [0.25, 0.3) is 0 Å². The van der Waals surface area contributed by atoms with E-state index < -0.39 is 18.2 Å². The predicted octanol–water partition coefficient (Wildman–Crippen LogP) is 5.19. The number of aliphatic hydroxyl groups is 1. The summed E-state index contributed by atoms with van der Waals surface area (Å²) in [5.41, 5.74) is 1.44. The summed E-state index contributed by atoms with van der Waals surface area (Å²) in [5, 5.41) is 17.1. The lowest BCUT2D eigenvalue weighted by Gasteiger charge is -2.07. The first-order valence-corrected chi connectivity index (χ1v) is 8.47. The van der Waals surface area contributed by atoms with Crippen molar-refractivity contribution < 1.29 is 27.3 Å². The van der Waals surface area contributed by atoms with E-state index in [0.717, 1.165) is 0 Å². The van der Waals surface area contributed by atoms with E-state index >= 15 is 0 Å². The first-order chi connectivity index (χ1) is 12.8. The molecule has 0 aliphatic heterocycles. The number of benzene rings is 1. The molecular weight excluding hydrogens is 363 g/mol. The highest BCUT2D eigenvalue weighted by Gasteiger charge is 2.38. The highest BCUT2D eigenvalue weighted by Crippen LogP contribution is 2.30. The lowest BCUT2D eigenvalue weighted by Crippen LogP contribution is -2.04. The molecule has 0 bridgehead atoms. The molecule has 0 saturated carbocycles. The Morgan fingerprint density at radius 3 is 2.00 bits per heavy atom. The van der Waals surface area contributed by atoms with Gasteiger partial charge in [-0.2, -0.15) is 18.2 Å². The molecule has 3 rings (SSSR count). The molecule has 0 radical (unpaired) electrons. The zero-order valence-corrected chi connectivity index (χ0v) is 15.7. The van der Waals surface area contributed by atoms with Crippen molar-refractivity contribution in [2.45, 2.75) is 46.9 Å². The van der Waals surface area contributed by atoms with Gasteiger partial charge in [-0.05, 0) is 12.5 Å². The third-order valence-corrected chi connectivity index (χ3v) is 3.07. The van der Waals surface area contributed by atoms with Gasteiger partial charge in [-0.3, -0.25) is 0 Å². The van der Waals surface area contributed by atoms with E-state index in [0.29, 0.717) is 16.8 Å². The maximum Gasteiger partial charge on any atom is 0.471 e. The average molecular weight is 385 g/mol. The zero-order chi connectivity index (χ0) is 20.6. The number of aliphatic hydroxyl groups excluding tert-OH is 1. The average Bonchev–Trinajstić information content (AvgIpc) is 3.34. The molecule has 0 saturated heterocycles. The van der Waals surface area contributed by atoms with Crippen LogP contribution in [-0.4, -0.2) is 20.4 Å². The second kappa shape index (κ2) is 9.86. The van der Waals surface area contributed by atoms with E-state index in [-0.39, 0.29) is 11.6 Å². The number of aryl methyl sites for hydroxylation is 1. The van der Waals surface area contributed by atoms with Gasteiger partial charge in [-0.15, -0.1) is 0 Å². The Kier molecular flexibility index (Phi) is 8.17. The molecule has 1 atom stereocenters. The molecule has 6 nitrogen and oxygen atoms in total. The fraction of sp³-hybridized carbons (Fsp3) is 0.389. The highest BCUT2D eigenvalue weighted by molar-refractivity contribution is 5.55. The summed E-state index contributed by atoms with van der Waals surface area (Å²) in [4.78, 5) is 3.29. The Balaban J connectivity index is 0.000000855. The van der Waals surface area contributed by atoms with Crippen LogP contribution in [0.15, 0.2) is 39.4 Å². The Morgan fingerprint density at radius 2 is 1.56 bits per heavy atom. The van der Waals surface area contributed by atoms with Gasteiger partial charge in [0, 0.05) is 11.6 Å². The fourth-order valence-corrected chi connectivity index (χ4v) is 1.95. The molecule has 1 unspecified atom stereocenters. The van der Waals surface area contributed by atoms with Gasteiger partial charge in [0.1, 0.15) is 6.10 Å². The number of hydrogen-bond donors (Lipinski definition) is 1. The van der Waals surface area contributed by atoms with Crippen LogP contribution in [0.1, 0.15) is 56.7 Å². The number of halogens is 3. The van der Waals surface area contributed by atoms with Crippen LogP contribution in [0.3, 0.4) is 0 Å². The molecule has 148 valence electrons. The molecule has 0 spiro atoms. The Labute approximate surface area is 155 Å². The van der Waals surface area contributed by atoms with E-state index in [1.165, 1.54) is 24.3 Å². The Hall–Kier alpha value is -2.68. The van der Waals surface area contributed by atoms with Crippen LogP contribution in [0.2, 0.25) is 0 Å². The molecule has 1 N–H and O–H groups in total. The minimum absolute atomic E-state index is 0.186. The molecule has 0 amide bonds. The second-order valence-electron chi connectivity index (χ2n) is 4.82. The molecule has 3 aromatic rings. The molecule has 27 heavy (non-hydrogen) atoms. The van der Waals surface area contributed by atoms with E-state index in [1.54, 1.807) is 13.0 Å². The van der Waals surface area contributed by atoms with Crippen LogP contribution in [0.25, 0.3) is 11.4 Å². The summed E-state index contributed by atoms with van der Waals surface area (Å²) >= 11 is 0. The highest BCUT2D eigenvalue weighted by atomic mass is 19.4. The molecule has 0 aliphatic rings. The van der Waals surface area contributed by atoms with Gasteiger partial charge >= 0.3 is 12.1 Å². The quantitative estimate of drug-likeness (QED) is 0.668. The Morgan fingerprint density at radius 1 is 0.963 bits per heavy atom. The van der Waals surface area contributed by atoms with Gasteiger partial charge < -0.3 is 14.2 Å². The first kappa shape index (κ1) is 22.4. The standard InChI is InChI=1S/C14H10F3N3O3.2C2H6/c1-7-6-10(22-19-7)11(21)8-2-4-9(5-3-8)12-18-13(23-20-12)14(15,16)17;2*1-2/h2-6,11,21H,1H3;2*1-2H3. The normalized spacial score (nSPS) is 11.7. The lowest BCUT2D eigenvalue weighted by atomic mass is 10.0. The maximum absolute atomic E-state index is 12.4. The largest absolute Gasteiger partial charge is 0.471 e. The van der Waals surface area contributed by atoms with Crippen molar-refractivity contribution in [3.05, 3.63) is 53.2 Å². The molecular formula is C18H22F3N3O3. The van der Waals surface area contributed by atoms with Gasteiger partial charge in [0.15, 0.2) is 5.76 Å². The van der Waals surface area contributed by atoms with E-state index in [2.05, 4.69) is 19.8 Å². The smallest absolute Gasteiger partial charge is 0.380 e. The van der Waals surface area contributed by atoms with Crippen molar-refractivity contribution in [1.82, 2.24) is 15.3 Å². The van der Waals surface area contributed by atoms with Crippen LogP contribution in [0.5, 0.6) is 0 Å². The molecule has 0 aliphatic carbocycles. The summed E-state index contributed by atoms with van der Waals surface area (Å²) < 4.78 is 46.4. The fourth-order valence-electron chi connectivity index (χ4n) is 1.95. The van der Waals surface area contributed by atoms with Gasteiger partial charge in [-0.1, -0.05) is 62.3 Å². The van der Waals surface area contributed by atoms with Crippen LogP contribution in [0.4, 0.5) is 13.2 Å². The maximum atomic E-state index is 12.4. The third-order valence-electron chi connectivity index (χ3n) is 3.07. The predicted molar refractivity (Wildman–Crippen MR) is 92.7 cm³/mol. The second-order valence-corrected chi connectivity index (χ2v) is 4.82. The van der Waals surface area contributed by atoms with Crippen LogP contribution in [0, 0.1) is 6.92 Å². The van der Waals surface area contributed by atoms with Gasteiger partial charge in [0.05, 0.1) is 5.69 Å². The van der Waals surface area contributed by atoms with Crippen molar-refractivity contribution in [2.24, 2.45) is 0 Å². The third kappa shape index (κ3) is 5.65. The molecule has 9 heteroatoms. The minimum Gasteiger partial charge on any atom is -0.380 e. The summed E-state index contributed by atoms with van der Waals surface area (Å²) in [5.74, 6) is -1.32. The Bertz CT molecular complexity index is 811. The van der Waals surface area contributed by atoms with Crippen LogP contribution >= 0.6 is 0 Å². The minimum atomic E-state index is -4.69. The van der Waals surface area contributed by atoms with Crippen molar-refractivity contribution in [3.63, 3.8) is 0 Å². The molecule has 0 fully saturated rings. The van der Waals surface area contributed by atoms with Crippen molar-refractivity contribution in [3.8, 4) is 11.4 Å². The van der Waals surface area contributed by atoms with E-state index in [4.69, 9.17) is 4.52 Å². The number of hydrogen-bond acceptors (Lipinski definition) is 6. The topological polar surface area (TPSA) is 85.2 Å². The number of rotatable bonds is 3. The summed E-state index contributed by atoms with van der Waals surface area (Å²) in [6.45, 7) is 9.72. The van der Waals surface area contributed by atoms with Crippen molar-refractivity contribution >= 4 is 0 Å². The van der Waals surface area contributed by atoms with Gasteiger partial charge in [0.2, 0.25) is 5.82 Å². The number of aromatic nitrogens is 3. The zero-order valence-electron chi connectivity index (χ0n) is 15.7. The number of nitrogens with zero attached hydrogens (tertiary/aromatic N) is 3. The van der Waals surface area contributed by atoms with Crippen molar-refractivity contribution in [2.75, 3.05) is 0 Å². The lowest BCUT2D eigenvalue weighted by molar-refractivity contribution is -0.159. The van der Waals surface area contributed by atoms with E-state index in [9.17, 15) is 18.3 Å². The molecule has 1 aromatic carbocycles.